The molecule has 0 spiro atoms. The highest BCUT2D eigenvalue weighted by Crippen LogP contribution is 2.23. The van der Waals surface area contributed by atoms with Gasteiger partial charge in [-0.15, -0.1) is 0 Å². The van der Waals surface area contributed by atoms with Crippen LogP contribution in [-0.2, 0) is 14.8 Å². The van der Waals surface area contributed by atoms with Gasteiger partial charge in [-0.25, -0.2) is 8.42 Å². The molecule has 0 bridgehead atoms. The van der Waals surface area contributed by atoms with Crippen LogP contribution in [0.2, 0.25) is 0 Å². The molecule has 3 rings (SSSR count). The van der Waals surface area contributed by atoms with Crippen molar-refractivity contribution in [1.29, 1.82) is 0 Å². The normalized spacial score (nSPS) is 16.2. The lowest BCUT2D eigenvalue weighted by Gasteiger charge is -2.24. The number of benzene rings is 2. The van der Waals surface area contributed by atoms with E-state index in [1.807, 2.05) is 0 Å². The standard InChI is InChI=1S/C23H29N3O4S/c1-3-4-15-24-22(27)20-9-7-16-26(20)23(28)18-11-13-19(14-12-18)25-31(29,30)21-10-6-5-8-17(21)2/h5-6,8,10-14,20,25H,3-4,7,9,15-16H2,1-2H3,(H,24,27)/t20-/m0/s1. The zero-order valence-corrected chi connectivity index (χ0v) is 18.7. The Morgan fingerprint density at radius 3 is 2.48 bits per heavy atom. The number of unbranched alkanes of at least 4 members (excludes halogenated alkanes) is 1. The maximum atomic E-state index is 13.0. The smallest absolute Gasteiger partial charge is 0.262 e. The van der Waals surface area contributed by atoms with Gasteiger partial charge < -0.3 is 10.2 Å². The summed E-state index contributed by atoms with van der Waals surface area (Å²) in [4.78, 5) is 27.2. The molecule has 166 valence electrons. The topological polar surface area (TPSA) is 95.6 Å². The number of nitrogens with zero attached hydrogens (tertiary/aromatic N) is 1. The highest BCUT2D eigenvalue weighted by molar-refractivity contribution is 7.92. The molecule has 1 aliphatic heterocycles. The molecule has 31 heavy (non-hydrogen) atoms. The number of amides is 2. The Kier molecular flexibility index (Phi) is 7.33. The molecular weight excluding hydrogens is 414 g/mol. The third-order valence-electron chi connectivity index (χ3n) is 5.41. The maximum absolute atomic E-state index is 13.0. The predicted molar refractivity (Wildman–Crippen MR) is 120 cm³/mol. The minimum atomic E-state index is -3.72. The van der Waals surface area contributed by atoms with Crippen molar-refractivity contribution in [2.75, 3.05) is 17.8 Å². The van der Waals surface area contributed by atoms with E-state index >= 15 is 0 Å². The second kappa shape index (κ2) is 9.96. The molecule has 2 aromatic rings. The minimum absolute atomic E-state index is 0.109. The largest absolute Gasteiger partial charge is 0.354 e. The van der Waals surface area contributed by atoms with E-state index in [9.17, 15) is 18.0 Å². The number of nitrogens with one attached hydrogen (secondary N) is 2. The molecule has 0 unspecified atom stereocenters. The first-order chi connectivity index (χ1) is 14.8. The van der Waals surface area contributed by atoms with Crippen molar-refractivity contribution >= 4 is 27.5 Å². The van der Waals surface area contributed by atoms with Crippen LogP contribution in [0, 0.1) is 6.92 Å². The summed E-state index contributed by atoms with van der Waals surface area (Å²) in [6.45, 7) is 4.94. The van der Waals surface area contributed by atoms with Gasteiger partial charge in [0.25, 0.3) is 15.9 Å². The number of rotatable bonds is 8. The number of carbonyl (C=O) groups is 2. The van der Waals surface area contributed by atoms with Crippen molar-refractivity contribution in [3.63, 3.8) is 0 Å². The first-order valence-electron chi connectivity index (χ1n) is 10.6. The SMILES string of the molecule is CCCCNC(=O)[C@@H]1CCCN1C(=O)c1ccc(NS(=O)(=O)c2ccccc2C)cc1. The Balaban J connectivity index is 1.69. The van der Waals surface area contributed by atoms with Crippen molar-refractivity contribution < 1.29 is 18.0 Å². The van der Waals surface area contributed by atoms with Crippen LogP contribution in [0.25, 0.3) is 0 Å². The highest BCUT2D eigenvalue weighted by Gasteiger charge is 2.34. The van der Waals surface area contributed by atoms with E-state index in [-0.39, 0.29) is 16.7 Å². The van der Waals surface area contributed by atoms with Gasteiger partial charge in [0.2, 0.25) is 5.91 Å². The fraction of sp³-hybridized carbons (Fsp3) is 0.391. The van der Waals surface area contributed by atoms with E-state index in [0.717, 1.165) is 19.3 Å². The summed E-state index contributed by atoms with van der Waals surface area (Å²) >= 11 is 0. The number of carbonyl (C=O) groups excluding carboxylic acids is 2. The highest BCUT2D eigenvalue weighted by atomic mass is 32.2. The van der Waals surface area contributed by atoms with Crippen LogP contribution in [0.1, 0.15) is 48.5 Å². The average Bonchev–Trinajstić information content (AvgIpc) is 3.24. The van der Waals surface area contributed by atoms with E-state index in [0.29, 0.717) is 36.3 Å². The number of sulfonamides is 1. The summed E-state index contributed by atoms with van der Waals surface area (Å²) in [5, 5.41) is 2.91. The molecule has 7 nitrogen and oxygen atoms in total. The molecule has 1 fully saturated rings. The minimum Gasteiger partial charge on any atom is -0.354 e. The van der Waals surface area contributed by atoms with Crippen molar-refractivity contribution in [1.82, 2.24) is 10.2 Å². The maximum Gasteiger partial charge on any atom is 0.262 e. The Bertz CT molecular complexity index is 1040. The number of hydrogen-bond acceptors (Lipinski definition) is 4. The number of likely N-dealkylation sites (tertiary alicyclic amines) is 1. The average molecular weight is 444 g/mol. The van der Waals surface area contributed by atoms with Gasteiger partial charge in [-0.1, -0.05) is 31.5 Å². The van der Waals surface area contributed by atoms with Gasteiger partial charge in [-0.05, 0) is 62.1 Å². The van der Waals surface area contributed by atoms with Crippen LogP contribution >= 0.6 is 0 Å². The summed E-state index contributed by atoms with van der Waals surface area (Å²) < 4.78 is 27.8. The van der Waals surface area contributed by atoms with Gasteiger partial charge in [-0.2, -0.15) is 0 Å². The Labute approximate surface area is 183 Å². The molecule has 8 heteroatoms. The second-order valence-corrected chi connectivity index (χ2v) is 9.40. The number of anilines is 1. The van der Waals surface area contributed by atoms with Crippen LogP contribution < -0.4 is 10.0 Å². The van der Waals surface area contributed by atoms with E-state index in [1.54, 1.807) is 60.4 Å². The summed E-state index contributed by atoms with van der Waals surface area (Å²) in [5.41, 5.74) is 1.45. The summed E-state index contributed by atoms with van der Waals surface area (Å²) in [7, 11) is -3.72. The number of hydrogen-bond donors (Lipinski definition) is 2. The fourth-order valence-corrected chi connectivity index (χ4v) is 5.01. The van der Waals surface area contributed by atoms with Crippen LogP contribution in [0.4, 0.5) is 5.69 Å². The third kappa shape index (κ3) is 5.44. The Hall–Kier alpha value is -2.87. The van der Waals surface area contributed by atoms with E-state index in [1.165, 1.54) is 0 Å². The van der Waals surface area contributed by atoms with Crippen molar-refractivity contribution in [2.24, 2.45) is 0 Å². The van der Waals surface area contributed by atoms with Crippen LogP contribution in [-0.4, -0.2) is 44.3 Å². The van der Waals surface area contributed by atoms with Crippen molar-refractivity contribution in [2.45, 2.75) is 50.5 Å². The van der Waals surface area contributed by atoms with Gasteiger partial charge in [0.15, 0.2) is 0 Å². The molecule has 0 aromatic heterocycles. The Morgan fingerprint density at radius 1 is 1.10 bits per heavy atom. The monoisotopic (exact) mass is 443 g/mol. The zero-order chi connectivity index (χ0) is 22.4. The summed E-state index contributed by atoms with van der Waals surface area (Å²) in [6, 6.07) is 12.6. The molecule has 2 N–H and O–H groups in total. The first-order valence-corrected chi connectivity index (χ1v) is 12.1. The van der Waals surface area contributed by atoms with Gasteiger partial charge in [-0.3, -0.25) is 14.3 Å². The fourth-order valence-electron chi connectivity index (χ4n) is 3.70. The lowest BCUT2D eigenvalue weighted by molar-refractivity contribution is -0.124. The number of aryl methyl sites for hydroxylation is 1. The van der Waals surface area contributed by atoms with Crippen molar-refractivity contribution in [3.05, 3.63) is 59.7 Å². The molecule has 2 aromatic carbocycles. The van der Waals surface area contributed by atoms with Gasteiger partial charge in [0.05, 0.1) is 4.90 Å². The molecular formula is C23H29N3O4S. The van der Waals surface area contributed by atoms with Crippen LogP contribution in [0.5, 0.6) is 0 Å². The van der Waals surface area contributed by atoms with E-state index in [4.69, 9.17) is 0 Å². The van der Waals surface area contributed by atoms with E-state index in [2.05, 4.69) is 17.0 Å². The third-order valence-corrected chi connectivity index (χ3v) is 6.95. The molecule has 0 saturated carbocycles. The summed E-state index contributed by atoms with van der Waals surface area (Å²) in [5.74, 6) is -0.330. The van der Waals surface area contributed by atoms with Crippen LogP contribution in [0.3, 0.4) is 0 Å². The molecule has 1 heterocycles. The lowest BCUT2D eigenvalue weighted by Crippen LogP contribution is -2.46. The molecule has 0 radical (unpaired) electrons. The molecule has 1 atom stereocenters. The summed E-state index contributed by atoms with van der Waals surface area (Å²) in [6.07, 6.45) is 3.34. The lowest BCUT2D eigenvalue weighted by atomic mass is 10.1. The first kappa shape index (κ1) is 22.8. The quantitative estimate of drug-likeness (QED) is 0.612. The molecule has 2 amide bonds. The van der Waals surface area contributed by atoms with E-state index < -0.39 is 16.1 Å². The predicted octanol–water partition coefficient (Wildman–Crippen LogP) is 3.32. The van der Waals surface area contributed by atoms with Crippen molar-refractivity contribution in [3.8, 4) is 0 Å². The molecule has 0 aliphatic carbocycles. The Morgan fingerprint density at radius 2 is 1.81 bits per heavy atom. The molecule has 1 aliphatic rings. The molecule has 1 saturated heterocycles. The van der Waals surface area contributed by atoms with Gasteiger partial charge in [0, 0.05) is 24.3 Å². The van der Waals surface area contributed by atoms with Crippen LogP contribution in [0.15, 0.2) is 53.4 Å². The van der Waals surface area contributed by atoms with Gasteiger partial charge >= 0.3 is 0 Å². The zero-order valence-electron chi connectivity index (χ0n) is 17.9. The van der Waals surface area contributed by atoms with Gasteiger partial charge in [0.1, 0.15) is 6.04 Å². The second-order valence-electron chi connectivity index (χ2n) is 7.75.